The summed E-state index contributed by atoms with van der Waals surface area (Å²) in [5.74, 6) is -0.285. The fourth-order valence-corrected chi connectivity index (χ4v) is 1.70. The topological polar surface area (TPSA) is 71.1 Å². The number of hydrogen-bond donors (Lipinski definition) is 0. The van der Waals surface area contributed by atoms with E-state index in [2.05, 4.69) is 0 Å². The van der Waals surface area contributed by atoms with Gasteiger partial charge in [0.25, 0.3) is 5.91 Å². The summed E-state index contributed by atoms with van der Waals surface area (Å²) in [4.78, 5) is 14.4. The Kier molecular flexibility index (Phi) is 2.23. The molecule has 0 atom stereocenters. The van der Waals surface area contributed by atoms with Crippen LogP contribution in [-0.2, 0) is 4.79 Å². The van der Waals surface area contributed by atoms with Crippen LogP contribution in [0.1, 0.15) is 5.56 Å². The molecular weight excluding hydrogens is 204 g/mol. The standard InChI is InChI=1S/C11H8N4O/c1-14-6-11(16)15(7-13)10-4-8(5-12)2-3-9(10)14/h2-4H,6H2,1H3. The quantitative estimate of drug-likeness (QED) is 0.597. The summed E-state index contributed by atoms with van der Waals surface area (Å²) >= 11 is 0. The Hall–Kier alpha value is -2.53. The van der Waals surface area contributed by atoms with E-state index in [1.165, 1.54) is 0 Å². The zero-order valence-corrected chi connectivity index (χ0v) is 8.64. The molecule has 0 spiro atoms. The summed E-state index contributed by atoms with van der Waals surface area (Å²) in [6.07, 6.45) is 1.83. The average Bonchev–Trinajstić information content (AvgIpc) is 2.28. The molecule has 0 aliphatic carbocycles. The van der Waals surface area contributed by atoms with E-state index in [0.717, 1.165) is 10.6 Å². The van der Waals surface area contributed by atoms with Crippen molar-refractivity contribution in [3.8, 4) is 12.3 Å². The largest absolute Gasteiger partial charge is 0.364 e. The molecule has 0 bridgehead atoms. The van der Waals surface area contributed by atoms with Crippen LogP contribution >= 0.6 is 0 Å². The van der Waals surface area contributed by atoms with Gasteiger partial charge in [-0.3, -0.25) is 4.79 Å². The Labute approximate surface area is 92.7 Å². The highest BCUT2D eigenvalue weighted by molar-refractivity contribution is 6.05. The van der Waals surface area contributed by atoms with Gasteiger partial charge in [-0.15, -0.1) is 0 Å². The van der Waals surface area contributed by atoms with Crippen molar-refractivity contribution in [2.75, 3.05) is 23.4 Å². The maximum absolute atomic E-state index is 11.6. The fraction of sp³-hybridized carbons (Fsp3) is 0.182. The van der Waals surface area contributed by atoms with Gasteiger partial charge >= 0.3 is 0 Å². The first-order valence-electron chi connectivity index (χ1n) is 4.65. The monoisotopic (exact) mass is 212 g/mol. The van der Waals surface area contributed by atoms with Crippen LogP contribution in [0.5, 0.6) is 0 Å². The molecule has 0 radical (unpaired) electrons. The molecular formula is C11H8N4O. The van der Waals surface area contributed by atoms with Gasteiger partial charge in [-0.25, -0.2) is 4.90 Å². The molecule has 1 aromatic rings. The Bertz CT molecular complexity index is 538. The first-order valence-corrected chi connectivity index (χ1v) is 4.65. The van der Waals surface area contributed by atoms with Crippen molar-refractivity contribution in [2.24, 2.45) is 0 Å². The van der Waals surface area contributed by atoms with Crippen molar-refractivity contribution in [1.29, 1.82) is 10.5 Å². The second-order valence-electron chi connectivity index (χ2n) is 3.50. The zero-order valence-electron chi connectivity index (χ0n) is 8.64. The molecule has 0 N–H and O–H groups in total. The number of carbonyl (C=O) groups excluding carboxylic acids is 1. The zero-order chi connectivity index (χ0) is 11.7. The number of nitrogens with zero attached hydrogens (tertiary/aromatic N) is 4. The Balaban J connectivity index is 2.62. The summed E-state index contributed by atoms with van der Waals surface area (Å²) in [5, 5.41) is 17.7. The van der Waals surface area contributed by atoms with Gasteiger partial charge in [-0.05, 0) is 18.2 Å². The number of hydrogen-bond acceptors (Lipinski definition) is 4. The number of anilines is 2. The van der Waals surface area contributed by atoms with Crippen LogP contribution in [0.4, 0.5) is 11.4 Å². The van der Waals surface area contributed by atoms with E-state index in [1.54, 1.807) is 30.1 Å². The smallest absolute Gasteiger partial charge is 0.259 e. The van der Waals surface area contributed by atoms with Gasteiger partial charge in [0.2, 0.25) is 0 Å². The van der Waals surface area contributed by atoms with Crippen LogP contribution in [0.15, 0.2) is 18.2 Å². The highest BCUT2D eigenvalue weighted by atomic mass is 16.2. The maximum Gasteiger partial charge on any atom is 0.259 e. The summed E-state index contributed by atoms with van der Waals surface area (Å²) in [7, 11) is 1.78. The SMILES string of the molecule is CN1CC(=O)N(C#N)c2cc(C#N)ccc21. The van der Waals surface area contributed by atoms with Crippen LogP contribution in [0.3, 0.4) is 0 Å². The van der Waals surface area contributed by atoms with Crippen molar-refractivity contribution in [1.82, 2.24) is 0 Å². The van der Waals surface area contributed by atoms with E-state index in [0.29, 0.717) is 11.3 Å². The van der Waals surface area contributed by atoms with Gasteiger partial charge in [0.15, 0.2) is 6.19 Å². The summed E-state index contributed by atoms with van der Waals surface area (Å²) < 4.78 is 0. The summed E-state index contributed by atoms with van der Waals surface area (Å²) in [6.45, 7) is 0.173. The van der Waals surface area contributed by atoms with Crippen LogP contribution in [0.25, 0.3) is 0 Å². The van der Waals surface area contributed by atoms with Crippen LogP contribution in [-0.4, -0.2) is 19.5 Å². The highest BCUT2D eigenvalue weighted by Crippen LogP contribution is 2.32. The third kappa shape index (κ3) is 1.35. The third-order valence-corrected chi connectivity index (χ3v) is 2.48. The molecule has 78 valence electrons. The molecule has 1 aliphatic heterocycles. The van der Waals surface area contributed by atoms with Crippen molar-refractivity contribution in [2.45, 2.75) is 0 Å². The third-order valence-electron chi connectivity index (χ3n) is 2.48. The number of fused-ring (bicyclic) bond motifs is 1. The fourth-order valence-electron chi connectivity index (χ4n) is 1.70. The van der Waals surface area contributed by atoms with E-state index in [-0.39, 0.29) is 12.5 Å². The minimum Gasteiger partial charge on any atom is -0.364 e. The van der Waals surface area contributed by atoms with E-state index >= 15 is 0 Å². The summed E-state index contributed by atoms with van der Waals surface area (Å²) in [5.41, 5.74) is 1.68. The average molecular weight is 212 g/mol. The van der Waals surface area contributed by atoms with Gasteiger partial charge in [0.1, 0.15) is 0 Å². The van der Waals surface area contributed by atoms with Gasteiger partial charge in [0, 0.05) is 7.05 Å². The molecule has 1 amide bonds. The normalized spacial score (nSPS) is 14.1. The lowest BCUT2D eigenvalue weighted by Gasteiger charge is -2.30. The lowest BCUT2D eigenvalue weighted by atomic mass is 10.1. The second kappa shape index (κ2) is 3.56. The molecule has 2 rings (SSSR count). The highest BCUT2D eigenvalue weighted by Gasteiger charge is 2.27. The molecule has 0 aromatic heterocycles. The molecule has 0 fully saturated rings. The number of nitriles is 2. The van der Waals surface area contributed by atoms with Gasteiger partial charge in [-0.1, -0.05) is 0 Å². The van der Waals surface area contributed by atoms with Crippen LogP contribution in [0.2, 0.25) is 0 Å². The Morgan fingerprint density at radius 1 is 1.31 bits per heavy atom. The number of carbonyl (C=O) groups is 1. The molecule has 1 aliphatic rings. The van der Waals surface area contributed by atoms with Gasteiger partial charge < -0.3 is 4.90 Å². The molecule has 1 heterocycles. The van der Waals surface area contributed by atoms with E-state index in [9.17, 15) is 4.79 Å². The predicted octanol–water partition coefficient (Wildman–Crippen LogP) is 0.822. The molecule has 0 saturated carbocycles. The first kappa shape index (κ1) is 10.0. The molecule has 0 unspecified atom stereocenters. The molecule has 5 nitrogen and oxygen atoms in total. The minimum atomic E-state index is -0.285. The molecule has 5 heteroatoms. The predicted molar refractivity (Wildman–Crippen MR) is 57.5 cm³/mol. The molecule has 1 aromatic carbocycles. The number of likely N-dealkylation sites (N-methyl/N-ethyl adjacent to an activating group) is 1. The van der Waals surface area contributed by atoms with Crippen molar-refractivity contribution in [3.05, 3.63) is 23.8 Å². The molecule has 0 saturated heterocycles. The number of amides is 1. The lowest BCUT2D eigenvalue weighted by Crippen LogP contribution is -2.41. The number of benzene rings is 1. The maximum atomic E-state index is 11.6. The van der Waals surface area contributed by atoms with E-state index < -0.39 is 0 Å². The molecule has 16 heavy (non-hydrogen) atoms. The van der Waals surface area contributed by atoms with Gasteiger partial charge in [0.05, 0.1) is 29.6 Å². The first-order chi connectivity index (χ1) is 7.67. The van der Waals surface area contributed by atoms with Gasteiger partial charge in [-0.2, -0.15) is 10.5 Å². The second-order valence-corrected chi connectivity index (χ2v) is 3.50. The van der Waals surface area contributed by atoms with Crippen LogP contribution < -0.4 is 9.80 Å². The van der Waals surface area contributed by atoms with Crippen molar-refractivity contribution < 1.29 is 4.79 Å². The van der Waals surface area contributed by atoms with E-state index in [1.807, 2.05) is 12.3 Å². The van der Waals surface area contributed by atoms with Crippen molar-refractivity contribution in [3.63, 3.8) is 0 Å². The van der Waals surface area contributed by atoms with Crippen LogP contribution in [0, 0.1) is 22.8 Å². The minimum absolute atomic E-state index is 0.173. The van der Waals surface area contributed by atoms with Crippen molar-refractivity contribution >= 4 is 17.3 Å². The van der Waals surface area contributed by atoms with E-state index in [4.69, 9.17) is 10.5 Å². The lowest BCUT2D eigenvalue weighted by molar-refractivity contribution is -0.116. The Morgan fingerprint density at radius 2 is 2.06 bits per heavy atom. The number of rotatable bonds is 0. The summed E-state index contributed by atoms with van der Waals surface area (Å²) in [6, 6.07) is 6.94. The Morgan fingerprint density at radius 3 is 2.69 bits per heavy atom.